The Hall–Kier alpha value is -3.29. The van der Waals surface area contributed by atoms with Crippen molar-refractivity contribution in [1.29, 1.82) is 0 Å². The maximum Gasteiger partial charge on any atom is 0.344 e. The summed E-state index contributed by atoms with van der Waals surface area (Å²) in [4.78, 5) is 32.3. The van der Waals surface area contributed by atoms with E-state index in [1.807, 2.05) is 0 Å². The molecule has 0 aliphatic heterocycles. The van der Waals surface area contributed by atoms with Gasteiger partial charge in [-0.25, -0.2) is 4.79 Å². The number of carbonyl (C=O) groups is 1. The van der Waals surface area contributed by atoms with Crippen molar-refractivity contribution in [1.82, 2.24) is 0 Å². The molecule has 0 saturated heterocycles. The van der Waals surface area contributed by atoms with E-state index in [0.29, 0.717) is 5.56 Å². The highest BCUT2D eigenvalue weighted by molar-refractivity contribution is 5.92. The van der Waals surface area contributed by atoms with Gasteiger partial charge in [-0.15, -0.1) is 0 Å². The van der Waals surface area contributed by atoms with E-state index in [1.165, 1.54) is 36.4 Å². The normalized spacial score (nSPS) is 10.0. The average molecular weight is 302 g/mol. The molecule has 0 aliphatic rings. The number of hydrogen-bond donors (Lipinski definition) is 0. The van der Waals surface area contributed by atoms with Gasteiger partial charge in [0.1, 0.15) is 0 Å². The van der Waals surface area contributed by atoms with E-state index in [0.717, 1.165) is 6.07 Å². The molecule has 0 radical (unpaired) electrons. The number of aryl methyl sites for hydroxylation is 1. The molecule has 8 heteroatoms. The number of non-ortho nitro benzene ring substituents is 1. The van der Waals surface area contributed by atoms with Gasteiger partial charge in [0.15, 0.2) is 0 Å². The van der Waals surface area contributed by atoms with Gasteiger partial charge < -0.3 is 4.74 Å². The third-order valence-corrected chi connectivity index (χ3v) is 2.81. The molecule has 0 amide bonds. The summed E-state index contributed by atoms with van der Waals surface area (Å²) in [6.07, 6.45) is 0. The lowest BCUT2D eigenvalue weighted by Crippen LogP contribution is -2.10. The minimum atomic E-state index is -0.905. The van der Waals surface area contributed by atoms with Crippen molar-refractivity contribution >= 4 is 17.3 Å². The van der Waals surface area contributed by atoms with Gasteiger partial charge in [-0.2, -0.15) is 0 Å². The van der Waals surface area contributed by atoms with E-state index in [2.05, 4.69) is 0 Å². The molecule has 0 heterocycles. The van der Waals surface area contributed by atoms with Crippen LogP contribution in [0.4, 0.5) is 11.4 Å². The Bertz CT molecular complexity index is 772. The molecule has 0 unspecified atom stereocenters. The largest absolute Gasteiger partial charge is 0.416 e. The molecule has 8 nitrogen and oxygen atoms in total. The number of rotatable bonds is 4. The zero-order valence-electron chi connectivity index (χ0n) is 11.4. The van der Waals surface area contributed by atoms with E-state index >= 15 is 0 Å². The molecule has 0 N–H and O–H groups in total. The van der Waals surface area contributed by atoms with Gasteiger partial charge in [0.05, 0.1) is 15.4 Å². The fraction of sp³-hybridized carbons (Fsp3) is 0.0714. The maximum absolute atomic E-state index is 12.0. The van der Waals surface area contributed by atoms with Crippen LogP contribution in [0.25, 0.3) is 0 Å². The first kappa shape index (κ1) is 15.1. The Kier molecular flexibility index (Phi) is 4.12. The van der Waals surface area contributed by atoms with Crippen LogP contribution in [0.15, 0.2) is 42.5 Å². The van der Waals surface area contributed by atoms with Gasteiger partial charge in [-0.1, -0.05) is 12.1 Å². The van der Waals surface area contributed by atoms with Gasteiger partial charge >= 0.3 is 11.7 Å². The summed E-state index contributed by atoms with van der Waals surface area (Å²) in [7, 11) is 0. The van der Waals surface area contributed by atoms with Crippen LogP contribution in [0.5, 0.6) is 5.75 Å². The third-order valence-electron chi connectivity index (χ3n) is 2.81. The summed E-state index contributed by atoms with van der Waals surface area (Å²) in [5.74, 6) is -1.11. The van der Waals surface area contributed by atoms with Gasteiger partial charge in [0.2, 0.25) is 5.75 Å². The van der Waals surface area contributed by atoms with Crippen LogP contribution in [0.2, 0.25) is 0 Å². The molecule has 0 atom stereocenters. The van der Waals surface area contributed by atoms with E-state index < -0.39 is 15.8 Å². The van der Waals surface area contributed by atoms with Crippen molar-refractivity contribution in [3.63, 3.8) is 0 Å². The van der Waals surface area contributed by atoms with E-state index in [1.54, 1.807) is 6.92 Å². The minimum Gasteiger partial charge on any atom is -0.416 e. The molecule has 2 rings (SSSR count). The predicted molar refractivity (Wildman–Crippen MR) is 75.9 cm³/mol. The van der Waals surface area contributed by atoms with Crippen LogP contribution in [-0.4, -0.2) is 15.8 Å². The Balaban J connectivity index is 2.33. The number of ether oxygens (including phenoxy) is 1. The first-order valence-corrected chi connectivity index (χ1v) is 6.10. The summed E-state index contributed by atoms with van der Waals surface area (Å²) in [6.45, 7) is 1.69. The standard InChI is InChI=1S/C14H10N2O6/c1-9-5-6-12(16(20)21)13(7-9)22-14(17)10-3-2-4-11(8-10)15(18)19/h2-8H,1H3. The van der Waals surface area contributed by atoms with Gasteiger partial charge in [-0.3, -0.25) is 20.2 Å². The van der Waals surface area contributed by atoms with Gasteiger partial charge in [0.25, 0.3) is 5.69 Å². The summed E-state index contributed by atoms with van der Waals surface area (Å²) in [6, 6.07) is 9.04. The van der Waals surface area contributed by atoms with Crippen molar-refractivity contribution in [2.45, 2.75) is 6.92 Å². The Morgan fingerprint density at radius 1 is 1.05 bits per heavy atom. The summed E-state index contributed by atoms with van der Waals surface area (Å²) in [5.41, 5.74) is -0.0185. The highest BCUT2D eigenvalue weighted by Crippen LogP contribution is 2.28. The fourth-order valence-corrected chi connectivity index (χ4v) is 1.76. The highest BCUT2D eigenvalue weighted by atomic mass is 16.6. The second-order valence-corrected chi connectivity index (χ2v) is 4.43. The molecule has 0 aromatic heterocycles. The Labute approximate surface area is 124 Å². The zero-order valence-corrected chi connectivity index (χ0v) is 11.4. The predicted octanol–water partition coefficient (Wildman–Crippen LogP) is 3.03. The molecule has 0 bridgehead atoms. The molecule has 0 fully saturated rings. The topological polar surface area (TPSA) is 113 Å². The average Bonchev–Trinajstić information content (AvgIpc) is 2.47. The fourth-order valence-electron chi connectivity index (χ4n) is 1.76. The first-order chi connectivity index (χ1) is 10.4. The van der Waals surface area contributed by atoms with Crippen LogP contribution in [-0.2, 0) is 0 Å². The summed E-state index contributed by atoms with van der Waals surface area (Å²) < 4.78 is 5.01. The van der Waals surface area contributed by atoms with Crippen LogP contribution >= 0.6 is 0 Å². The number of nitro groups is 2. The highest BCUT2D eigenvalue weighted by Gasteiger charge is 2.20. The van der Waals surface area contributed by atoms with Crippen molar-refractivity contribution < 1.29 is 19.4 Å². The molecule has 22 heavy (non-hydrogen) atoms. The molecule has 2 aromatic carbocycles. The van der Waals surface area contributed by atoms with Crippen molar-refractivity contribution in [2.24, 2.45) is 0 Å². The number of nitro benzene ring substituents is 2. The lowest BCUT2D eigenvalue weighted by molar-refractivity contribution is -0.385. The Morgan fingerprint density at radius 2 is 1.77 bits per heavy atom. The van der Waals surface area contributed by atoms with Crippen molar-refractivity contribution in [2.75, 3.05) is 0 Å². The second kappa shape index (κ2) is 6.00. The molecule has 112 valence electrons. The Morgan fingerprint density at radius 3 is 2.41 bits per heavy atom. The number of hydrogen-bond acceptors (Lipinski definition) is 6. The summed E-state index contributed by atoms with van der Waals surface area (Å²) >= 11 is 0. The quantitative estimate of drug-likeness (QED) is 0.371. The smallest absolute Gasteiger partial charge is 0.344 e. The van der Waals surface area contributed by atoms with E-state index in [4.69, 9.17) is 4.74 Å². The van der Waals surface area contributed by atoms with Gasteiger partial charge in [0, 0.05) is 18.2 Å². The number of benzene rings is 2. The second-order valence-electron chi connectivity index (χ2n) is 4.43. The number of esters is 1. The van der Waals surface area contributed by atoms with Crippen molar-refractivity contribution in [3.8, 4) is 5.75 Å². The van der Waals surface area contributed by atoms with E-state index in [-0.39, 0.29) is 22.7 Å². The molecular weight excluding hydrogens is 292 g/mol. The monoisotopic (exact) mass is 302 g/mol. The molecular formula is C14H10N2O6. The van der Waals surface area contributed by atoms with Gasteiger partial charge in [-0.05, 0) is 24.6 Å². The SMILES string of the molecule is Cc1ccc([N+](=O)[O-])c(OC(=O)c2cccc([N+](=O)[O-])c2)c1. The van der Waals surface area contributed by atoms with Crippen molar-refractivity contribution in [3.05, 3.63) is 73.8 Å². The van der Waals surface area contributed by atoms with Crippen LogP contribution in [0.3, 0.4) is 0 Å². The van der Waals surface area contributed by atoms with Crippen LogP contribution in [0.1, 0.15) is 15.9 Å². The maximum atomic E-state index is 12.0. The molecule has 0 aliphatic carbocycles. The third kappa shape index (κ3) is 3.23. The molecule has 0 spiro atoms. The lowest BCUT2D eigenvalue weighted by Gasteiger charge is -2.06. The zero-order chi connectivity index (χ0) is 16.3. The lowest BCUT2D eigenvalue weighted by atomic mass is 10.2. The minimum absolute atomic E-state index is 0.0648. The number of carbonyl (C=O) groups excluding carboxylic acids is 1. The summed E-state index contributed by atoms with van der Waals surface area (Å²) in [5, 5.41) is 21.6. The first-order valence-electron chi connectivity index (χ1n) is 6.10. The molecule has 0 saturated carbocycles. The van der Waals surface area contributed by atoms with Crippen LogP contribution in [0, 0.1) is 27.2 Å². The number of nitrogens with zero attached hydrogens (tertiary/aromatic N) is 2. The van der Waals surface area contributed by atoms with E-state index in [9.17, 15) is 25.0 Å². The van der Waals surface area contributed by atoms with Crippen LogP contribution < -0.4 is 4.74 Å². The molecule has 2 aromatic rings.